The highest BCUT2D eigenvalue weighted by molar-refractivity contribution is 5.70. The third-order valence-electron chi connectivity index (χ3n) is 6.27. The van der Waals surface area contributed by atoms with Gasteiger partial charge in [0, 0.05) is 24.2 Å². The maximum Gasteiger partial charge on any atom is 0.417 e. The summed E-state index contributed by atoms with van der Waals surface area (Å²) in [5.74, 6) is -0.436. The van der Waals surface area contributed by atoms with E-state index in [0.717, 1.165) is 0 Å². The van der Waals surface area contributed by atoms with E-state index in [2.05, 4.69) is 15.1 Å². The number of rotatable bonds is 5. The van der Waals surface area contributed by atoms with Crippen LogP contribution in [-0.2, 0) is 10.9 Å². The van der Waals surface area contributed by atoms with Gasteiger partial charge in [-0.25, -0.2) is 4.39 Å². The van der Waals surface area contributed by atoms with Crippen LogP contribution in [0.4, 0.5) is 17.6 Å². The minimum atomic E-state index is -4.55. The van der Waals surface area contributed by atoms with Gasteiger partial charge in [-0.3, -0.25) is 10.00 Å². The molecule has 0 spiro atoms. The van der Waals surface area contributed by atoms with Crippen LogP contribution in [0.5, 0.6) is 0 Å². The smallest absolute Gasteiger partial charge is 0.379 e. The summed E-state index contributed by atoms with van der Waals surface area (Å²) in [4.78, 5) is 2.05. The van der Waals surface area contributed by atoms with Crippen molar-refractivity contribution in [2.75, 3.05) is 26.3 Å². The van der Waals surface area contributed by atoms with Crippen LogP contribution in [0.3, 0.4) is 0 Å². The van der Waals surface area contributed by atoms with Gasteiger partial charge in [0.25, 0.3) is 0 Å². The SMILES string of the molecule is Fc1ccccc1-c1[nH]ncc1C(c1ccc(-c2ccccc2)c(C(F)(F)F)c1)N1CCOCC1. The Hall–Kier alpha value is -3.49. The number of nitrogens with zero attached hydrogens (tertiary/aromatic N) is 2. The molecule has 4 nitrogen and oxygen atoms in total. The molecule has 2 heterocycles. The molecule has 35 heavy (non-hydrogen) atoms. The number of benzene rings is 3. The molecule has 0 aliphatic carbocycles. The lowest BCUT2D eigenvalue weighted by Crippen LogP contribution is -2.39. The quantitative estimate of drug-likeness (QED) is 0.339. The Morgan fingerprint density at radius 3 is 2.31 bits per heavy atom. The van der Waals surface area contributed by atoms with E-state index in [1.165, 1.54) is 18.2 Å². The molecule has 180 valence electrons. The van der Waals surface area contributed by atoms with Crippen molar-refractivity contribution in [3.05, 3.63) is 102 Å². The summed E-state index contributed by atoms with van der Waals surface area (Å²) in [6.07, 6.45) is -2.98. The van der Waals surface area contributed by atoms with Crippen molar-refractivity contribution in [3.8, 4) is 22.4 Å². The summed E-state index contributed by atoms with van der Waals surface area (Å²) < 4.78 is 62.9. The lowest BCUT2D eigenvalue weighted by molar-refractivity contribution is -0.137. The van der Waals surface area contributed by atoms with Crippen molar-refractivity contribution in [2.45, 2.75) is 12.2 Å². The first-order valence-electron chi connectivity index (χ1n) is 11.3. The largest absolute Gasteiger partial charge is 0.417 e. The zero-order valence-corrected chi connectivity index (χ0v) is 18.7. The van der Waals surface area contributed by atoms with Crippen LogP contribution in [0.15, 0.2) is 79.0 Å². The molecule has 3 aromatic carbocycles. The van der Waals surface area contributed by atoms with Gasteiger partial charge in [-0.2, -0.15) is 18.3 Å². The molecule has 0 radical (unpaired) electrons. The Morgan fingerprint density at radius 1 is 0.886 bits per heavy atom. The van der Waals surface area contributed by atoms with E-state index in [4.69, 9.17) is 4.74 Å². The average Bonchev–Trinajstić information content (AvgIpc) is 3.34. The number of alkyl halides is 3. The van der Waals surface area contributed by atoms with E-state index in [-0.39, 0.29) is 5.56 Å². The van der Waals surface area contributed by atoms with Crippen LogP contribution in [-0.4, -0.2) is 41.4 Å². The molecule has 0 amide bonds. The number of H-pyrrole nitrogens is 1. The van der Waals surface area contributed by atoms with Gasteiger partial charge < -0.3 is 4.74 Å². The monoisotopic (exact) mass is 481 g/mol. The van der Waals surface area contributed by atoms with Gasteiger partial charge in [0.05, 0.1) is 36.7 Å². The zero-order chi connectivity index (χ0) is 24.4. The zero-order valence-electron chi connectivity index (χ0n) is 18.7. The van der Waals surface area contributed by atoms with Crippen molar-refractivity contribution in [1.29, 1.82) is 0 Å². The van der Waals surface area contributed by atoms with Crippen LogP contribution in [0, 0.1) is 5.82 Å². The first-order chi connectivity index (χ1) is 16.9. The number of halogens is 4. The topological polar surface area (TPSA) is 41.2 Å². The number of nitrogens with one attached hydrogen (secondary N) is 1. The van der Waals surface area contributed by atoms with Crippen LogP contribution >= 0.6 is 0 Å². The van der Waals surface area contributed by atoms with Crippen LogP contribution < -0.4 is 0 Å². The number of ether oxygens (including phenoxy) is 1. The molecule has 1 unspecified atom stereocenters. The first kappa shape index (κ1) is 23.3. The Balaban J connectivity index is 1.67. The van der Waals surface area contributed by atoms with E-state index in [1.54, 1.807) is 60.8 Å². The third-order valence-corrected chi connectivity index (χ3v) is 6.27. The van der Waals surface area contributed by atoms with Gasteiger partial charge >= 0.3 is 6.18 Å². The minimum absolute atomic E-state index is 0.115. The average molecular weight is 481 g/mol. The number of hydrogen-bond donors (Lipinski definition) is 1. The van der Waals surface area contributed by atoms with Crippen molar-refractivity contribution < 1.29 is 22.3 Å². The Kier molecular flexibility index (Phi) is 6.40. The van der Waals surface area contributed by atoms with E-state index < -0.39 is 23.6 Å². The molecule has 1 aliphatic rings. The molecular formula is C27H23F4N3O. The molecular weight excluding hydrogens is 458 g/mol. The van der Waals surface area contributed by atoms with Crippen molar-refractivity contribution in [3.63, 3.8) is 0 Å². The number of aromatic amines is 1. The molecule has 0 bridgehead atoms. The fraction of sp³-hybridized carbons (Fsp3) is 0.222. The summed E-state index contributed by atoms with van der Waals surface area (Å²) >= 11 is 0. The summed E-state index contributed by atoms with van der Waals surface area (Å²) in [6.45, 7) is 1.96. The Bertz CT molecular complexity index is 1300. The molecule has 0 saturated carbocycles. The van der Waals surface area contributed by atoms with Gasteiger partial charge in [-0.1, -0.05) is 54.6 Å². The fourth-order valence-electron chi connectivity index (χ4n) is 4.64. The molecule has 1 fully saturated rings. The molecule has 1 aromatic heterocycles. The van der Waals surface area contributed by atoms with E-state index in [0.29, 0.717) is 54.3 Å². The third kappa shape index (κ3) is 4.72. The number of aromatic nitrogens is 2. The second-order valence-electron chi connectivity index (χ2n) is 8.40. The van der Waals surface area contributed by atoms with E-state index in [1.807, 2.05) is 0 Å². The van der Waals surface area contributed by atoms with Gasteiger partial charge in [-0.05, 0) is 34.9 Å². The molecule has 1 saturated heterocycles. The lowest BCUT2D eigenvalue weighted by Gasteiger charge is -2.35. The van der Waals surface area contributed by atoms with Crippen molar-refractivity contribution >= 4 is 0 Å². The molecule has 4 aromatic rings. The highest BCUT2D eigenvalue weighted by atomic mass is 19.4. The highest BCUT2D eigenvalue weighted by Crippen LogP contribution is 2.42. The Morgan fingerprint density at radius 2 is 1.60 bits per heavy atom. The maximum absolute atomic E-state index is 14.7. The van der Waals surface area contributed by atoms with Gasteiger partial charge in [0.2, 0.25) is 0 Å². The van der Waals surface area contributed by atoms with E-state index in [9.17, 15) is 17.6 Å². The molecule has 1 atom stereocenters. The predicted molar refractivity (Wildman–Crippen MR) is 125 cm³/mol. The molecule has 8 heteroatoms. The first-order valence-corrected chi connectivity index (χ1v) is 11.3. The van der Waals surface area contributed by atoms with Crippen molar-refractivity contribution in [1.82, 2.24) is 15.1 Å². The predicted octanol–water partition coefficient (Wildman–Crippen LogP) is 6.32. The molecule has 5 rings (SSSR count). The minimum Gasteiger partial charge on any atom is -0.379 e. The second-order valence-corrected chi connectivity index (χ2v) is 8.40. The number of morpholine rings is 1. The van der Waals surface area contributed by atoms with Gasteiger partial charge in [-0.15, -0.1) is 0 Å². The van der Waals surface area contributed by atoms with Gasteiger partial charge in [0.1, 0.15) is 5.82 Å². The van der Waals surface area contributed by atoms with Crippen LogP contribution in [0.25, 0.3) is 22.4 Å². The maximum atomic E-state index is 14.7. The number of hydrogen-bond acceptors (Lipinski definition) is 3. The second kappa shape index (κ2) is 9.64. The molecule has 1 aliphatic heterocycles. The standard InChI is InChI=1S/C27H23F4N3O/c28-24-9-5-4-8-21(24)25-22(17-32-33-25)26(34-12-14-35-15-13-34)19-10-11-20(18-6-2-1-3-7-18)23(16-19)27(29,30)31/h1-11,16-17,26H,12-15H2,(H,32,33). The highest BCUT2D eigenvalue weighted by Gasteiger charge is 2.36. The summed E-state index contributed by atoms with van der Waals surface area (Å²) in [5.41, 5.74) is 1.72. The normalized spacial score (nSPS) is 15.8. The van der Waals surface area contributed by atoms with Crippen LogP contribution in [0.2, 0.25) is 0 Å². The fourth-order valence-corrected chi connectivity index (χ4v) is 4.64. The van der Waals surface area contributed by atoms with Crippen molar-refractivity contribution in [2.24, 2.45) is 0 Å². The summed E-state index contributed by atoms with van der Waals surface area (Å²) in [6, 6.07) is 18.7. The lowest BCUT2D eigenvalue weighted by atomic mass is 9.90. The summed E-state index contributed by atoms with van der Waals surface area (Å²) in [7, 11) is 0. The van der Waals surface area contributed by atoms with Crippen LogP contribution in [0.1, 0.15) is 22.7 Å². The Labute approximate surface area is 200 Å². The molecule has 1 N–H and O–H groups in total. The van der Waals surface area contributed by atoms with Gasteiger partial charge in [0.15, 0.2) is 0 Å². The summed E-state index contributed by atoms with van der Waals surface area (Å²) in [5, 5.41) is 7.01. The van der Waals surface area contributed by atoms with E-state index >= 15 is 0 Å².